The summed E-state index contributed by atoms with van der Waals surface area (Å²) in [6.45, 7) is 11.3. The van der Waals surface area contributed by atoms with Crippen molar-refractivity contribution in [2.24, 2.45) is 7.05 Å². The van der Waals surface area contributed by atoms with Crippen LogP contribution in [0.2, 0.25) is 0 Å². The Morgan fingerprint density at radius 3 is 2.39 bits per heavy atom. The third-order valence-electron chi connectivity index (χ3n) is 7.42. The zero-order valence-electron chi connectivity index (χ0n) is 21.8. The first-order valence-electron chi connectivity index (χ1n) is 12.8. The van der Waals surface area contributed by atoms with E-state index >= 15 is 0 Å². The molecule has 0 aliphatic carbocycles. The van der Waals surface area contributed by atoms with Gasteiger partial charge < -0.3 is 4.42 Å². The summed E-state index contributed by atoms with van der Waals surface area (Å²) in [5, 5.41) is 2.37. The van der Waals surface area contributed by atoms with Crippen LogP contribution in [0, 0.1) is 6.92 Å². The second-order valence-corrected chi connectivity index (χ2v) is 10.4. The predicted molar refractivity (Wildman–Crippen MR) is 148 cm³/mol. The third kappa shape index (κ3) is 3.21. The van der Waals surface area contributed by atoms with E-state index in [1.54, 1.807) is 0 Å². The largest absolute Gasteiger partial charge is 0.456 e. The number of rotatable bonds is 4. The van der Waals surface area contributed by atoms with E-state index in [9.17, 15) is 0 Å². The smallest absolute Gasteiger partial charge is 0.296 e. The number of hydrogen-bond acceptors (Lipinski definition) is 2. The first-order chi connectivity index (χ1) is 17.4. The Hall–Kier alpha value is -3.92. The molecule has 4 heteroatoms. The fourth-order valence-corrected chi connectivity index (χ4v) is 5.66. The molecule has 0 fully saturated rings. The first kappa shape index (κ1) is 22.5. The second kappa shape index (κ2) is 8.34. The van der Waals surface area contributed by atoms with Gasteiger partial charge in [0, 0.05) is 34.3 Å². The molecule has 180 valence electrons. The minimum Gasteiger partial charge on any atom is -0.456 e. The Labute approximate surface area is 211 Å². The Kier molecular flexibility index (Phi) is 5.22. The van der Waals surface area contributed by atoms with Crippen LogP contribution < -0.4 is 4.57 Å². The van der Waals surface area contributed by atoms with Crippen LogP contribution in [0.4, 0.5) is 0 Å². The molecule has 4 nitrogen and oxygen atoms in total. The molecule has 0 radical (unpaired) electrons. The van der Waals surface area contributed by atoms with Crippen LogP contribution in [0.3, 0.4) is 0 Å². The van der Waals surface area contributed by atoms with E-state index in [1.807, 2.05) is 18.5 Å². The van der Waals surface area contributed by atoms with Gasteiger partial charge in [-0.15, -0.1) is 0 Å². The molecule has 3 aromatic heterocycles. The Morgan fingerprint density at radius 1 is 0.889 bits per heavy atom. The van der Waals surface area contributed by atoms with Crippen LogP contribution in [0.1, 0.15) is 56.2 Å². The molecule has 0 spiro atoms. The van der Waals surface area contributed by atoms with Crippen molar-refractivity contribution < 1.29 is 8.98 Å². The maximum atomic E-state index is 6.60. The predicted octanol–water partition coefficient (Wildman–Crippen LogP) is 7.97. The minimum atomic E-state index is 0.260. The number of pyridine rings is 1. The van der Waals surface area contributed by atoms with E-state index in [4.69, 9.17) is 4.42 Å². The maximum absolute atomic E-state index is 6.60. The van der Waals surface area contributed by atoms with E-state index in [-0.39, 0.29) is 5.92 Å². The van der Waals surface area contributed by atoms with Crippen molar-refractivity contribution in [2.75, 3.05) is 0 Å². The van der Waals surface area contributed by atoms with E-state index in [0.29, 0.717) is 5.92 Å². The highest BCUT2D eigenvalue weighted by Gasteiger charge is 2.33. The molecule has 0 bridgehead atoms. The number of hydrogen-bond donors (Lipinski definition) is 0. The molecule has 3 heterocycles. The molecule has 0 N–H and O–H groups in total. The Morgan fingerprint density at radius 2 is 1.64 bits per heavy atom. The Bertz CT molecular complexity index is 1770. The number of fused-ring (bicyclic) bond motifs is 4. The average Bonchev–Trinajstić information content (AvgIpc) is 3.38. The van der Waals surface area contributed by atoms with Gasteiger partial charge in [-0.1, -0.05) is 58.0 Å². The summed E-state index contributed by atoms with van der Waals surface area (Å²) in [6, 6.07) is 21.5. The van der Waals surface area contributed by atoms with Crippen molar-refractivity contribution in [1.82, 2.24) is 9.55 Å². The molecular formula is C32H32N3O+. The second-order valence-electron chi connectivity index (χ2n) is 10.4. The van der Waals surface area contributed by atoms with Crippen molar-refractivity contribution in [3.8, 4) is 17.1 Å². The lowest BCUT2D eigenvalue weighted by Crippen LogP contribution is -2.30. The Balaban J connectivity index is 1.87. The lowest BCUT2D eigenvalue weighted by Gasteiger charge is -2.19. The quantitative estimate of drug-likeness (QED) is 0.243. The lowest BCUT2D eigenvalue weighted by molar-refractivity contribution is -0.633. The zero-order chi connectivity index (χ0) is 25.1. The van der Waals surface area contributed by atoms with Crippen LogP contribution in [0.5, 0.6) is 0 Å². The fraction of sp³-hybridized carbons (Fsp3) is 0.250. The molecule has 0 aliphatic rings. The summed E-state index contributed by atoms with van der Waals surface area (Å²) in [5.74, 6) is 1.71. The van der Waals surface area contributed by atoms with E-state index in [2.05, 4.69) is 110 Å². The van der Waals surface area contributed by atoms with Gasteiger partial charge in [-0.2, -0.15) is 4.57 Å². The maximum Gasteiger partial charge on any atom is 0.296 e. The molecule has 36 heavy (non-hydrogen) atoms. The zero-order valence-corrected chi connectivity index (χ0v) is 21.8. The van der Waals surface area contributed by atoms with E-state index in [0.717, 1.165) is 22.6 Å². The van der Waals surface area contributed by atoms with Crippen LogP contribution in [-0.2, 0) is 7.05 Å². The van der Waals surface area contributed by atoms with Gasteiger partial charge in [0.25, 0.3) is 5.82 Å². The molecule has 0 saturated heterocycles. The highest BCUT2D eigenvalue weighted by atomic mass is 16.3. The van der Waals surface area contributed by atoms with Crippen LogP contribution >= 0.6 is 0 Å². The average molecular weight is 475 g/mol. The van der Waals surface area contributed by atoms with Crippen molar-refractivity contribution in [1.29, 1.82) is 0 Å². The fourth-order valence-electron chi connectivity index (χ4n) is 5.66. The van der Waals surface area contributed by atoms with Crippen molar-refractivity contribution in [3.63, 3.8) is 0 Å². The van der Waals surface area contributed by atoms with Gasteiger partial charge in [-0.3, -0.25) is 4.98 Å². The standard InChI is InChI=1S/C32H32N3O/c1-19(2)23-17-24-22-11-7-10-14-28(22)36-31(24)29(20(3)4)30(23)35-27-13-9-8-12-26(27)34(6)32(35)25-18-33-16-15-21(25)5/h7-20H,1-6H3/q+1. The third-order valence-corrected chi connectivity index (χ3v) is 7.42. The van der Waals surface area contributed by atoms with E-state index in [1.165, 1.54) is 44.2 Å². The number of benzene rings is 3. The molecule has 3 aromatic carbocycles. The van der Waals surface area contributed by atoms with Gasteiger partial charge in [0.1, 0.15) is 16.9 Å². The summed E-state index contributed by atoms with van der Waals surface area (Å²) in [5.41, 5.74) is 10.4. The SMILES string of the molecule is Cc1ccncc1-c1n(-c2c(C(C)C)cc3c(oc4ccccc43)c2C(C)C)c2ccccc2[n+]1C. The van der Waals surface area contributed by atoms with Gasteiger partial charge >= 0.3 is 0 Å². The number of nitrogens with zero attached hydrogens (tertiary/aromatic N) is 3. The molecule has 0 aliphatic heterocycles. The highest BCUT2D eigenvalue weighted by molar-refractivity contribution is 6.07. The number of imidazole rings is 1. The molecular weight excluding hydrogens is 442 g/mol. The van der Waals surface area contributed by atoms with Gasteiger partial charge in [0.05, 0.1) is 12.6 Å². The van der Waals surface area contributed by atoms with Crippen molar-refractivity contribution in [3.05, 3.63) is 89.7 Å². The van der Waals surface area contributed by atoms with Gasteiger partial charge in [-0.25, -0.2) is 4.57 Å². The summed E-state index contributed by atoms with van der Waals surface area (Å²) in [4.78, 5) is 4.52. The first-order valence-corrected chi connectivity index (χ1v) is 12.8. The molecule has 0 unspecified atom stereocenters. The number of para-hydroxylation sites is 3. The molecule has 6 aromatic rings. The van der Waals surface area contributed by atoms with E-state index < -0.39 is 0 Å². The van der Waals surface area contributed by atoms with Crippen molar-refractivity contribution in [2.45, 2.75) is 46.5 Å². The number of aromatic nitrogens is 3. The van der Waals surface area contributed by atoms with Crippen LogP contribution in [-0.4, -0.2) is 9.55 Å². The molecule has 6 rings (SSSR count). The van der Waals surface area contributed by atoms with Crippen LogP contribution in [0.25, 0.3) is 50.0 Å². The summed E-state index contributed by atoms with van der Waals surface area (Å²) < 4.78 is 11.4. The van der Waals surface area contributed by atoms with Gasteiger partial charge in [0.2, 0.25) is 0 Å². The number of aryl methyl sites for hydroxylation is 2. The summed E-state index contributed by atoms with van der Waals surface area (Å²) >= 11 is 0. The molecule has 0 amide bonds. The summed E-state index contributed by atoms with van der Waals surface area (Å²) in [7, 11) is 2.16. The number of furan rings is 1. The highest BCUT2D eigenvalue weighted by Crippen LogP contribution is 2.43. The van der Waals surface area contributed by atoms with Gasteiger partial charge in [-0.05, 0) is 54.7 Å². The topological polar surface area (TPSA) is 34.8 Å². The normalized spacial score (nSPS) is 12.1. The molecule has 0 saturated carbocycles. The van der Waals surface area contributed by atoms with Gasteiger partial charge in [0.15, 0.2) is 11.0 Å². The lowest BCUT2D eigenvalue weighted by atomic mass is 9.89. The van der Waals surface area contributed by atoms with Crippen molar-refractivity contribution >= 4 is 33.0 Å². The van der Waals surface area contributed by atoms with Crippen LogP contribution in [0.15, 0.2) is 77.5 Å². The molecule has 0 atom stereocenters. The summed E-state index contributed by atoms with van der Waals surface area (Å²) in [6.07, 6.45) is 3.86. The minimum absolute atomic E-state index is 0.260. The monoisotopic (exact) mass is 474 g/mol.